The van der Waals surface area contributed by atoms with Crippen molar-refractivity contribution in [3.05, 3.63) is 88.8 Å². The summed E-state index contributed by atoms with van der Waals surface area (Å²) in [5, 5.41) is 9.86. The molecule has 1 N–H and O–H groups in total. The van der Waals surface area contributed by atoms with Crippen LogP contribution < -0.4 is 5.32 Å². The Kier molecular flexibility index (Phi) is 5.37. The standard InChI is InChI=1S/C23H18ClN3O2/c1-2-16-5-3-6-19(13-16)25-15-23(28)27-21(22-7-4-12-29-22)14-20(26-27)17-8-10-18(24)11-9-17/h1,3-13,21,25H,14-15H2. The molecule has 1 atom stereocenters. The third kappa shape index (κ3) is 4.18. The molecule has 2 aromatic carbocycles. The van der Waals surface area contributed by atoms with Crippen LogP contribution in [0.15, 0.2) is 76.4 Å². The van der Waals surface area contributed by atoms with Crippen LogP contribution in [-0.4, -0.2) is 23.2 Å². The van der Waals surface area contributed by atoms with Crippen molar-refractivity contribution in [2.45, 2.75) is 12.5 Å². The van der Waals surface area contributed by atoms with Gasteiger partial charge in [-0.15, -0.1) is 6.42 Å². The molecule has 1 aliphatic heterocycles. The number of hydrogen-bond acceptors (Lipinski definition) is 4. The molecule has 0 aliphatic carbocycles. The fourth-order valence-corrected chi connectivity index (χ4v) is 3.36. The van der Waals surface area contributed by atoms with Gasteiger partial charge < -0.3 is 9.73 Å². The zero-order valence-electron chi connectivity index (χ0n) is 15.5. The van der Waals surface area contributed by atoms with E-state index in [4.69, 9.17) is 22.4 Å². The lowest BCUT2D eigenvalue weighted by atomic mass is 10.0. The summed E-state index contributed by atoms with van der Waals surface area (Å²) in [6.07, 6.45) is 7.60. The minimum atomic E-state index is -0.290. The molecular formula is C23H18ClN3O2. The maximum atomic E-state index is 13.0. The molecule has 2 heterocycles. The van der Waals surface area contributed by atoms with E-state index < -0.39 is 0 Å². The molecule has 5 nitrogen and oxygen atoms in total. The van der Waals surface area contributed by atoms with E-state index in [2.05, 4.69) is 16.3 Å². The Morgan fingerprint density at radius 2 is 2.07 bits per heavy atom. The van der Waals surface area contributed by atoms with Gasteiger partial charge in [0.1, 0.15) is 11.8 Å². The first-order valence-corrected chi connectivity index (χ1v) is 9.51. The molecule has 0 bridgehead atoms. The molecule has 0 radical (unpaired) electrons. The molecule has 29 heavy (non-hydrogen) atoms. The molecule has 1 aromatic heterocycles. The number of benzene rings is 2. The molecule has 144 valence electrons. The summed E-state index contributed by atoms with van der Waals surface area (Å²) in [4.78, 5) is 13.0. The van der Waals surface area contributed by atoms with Crippen LogP contribution in [0.25, 0.3) is 0 Å². The maximum absolute atomic E-state index is 13.0. The highest BCUT2D eigenvalue weighted by molar-refractivity contribution is 6.30. The molecule has 0 saturated heterocycles. The number of terminal acetylenes is 1. The molecular weight excluding hydrogens is 386 g/mol. The lowest BCUT2D eigenvalue weighted by molar-refractivity contribution is -0.131. The molecule has 0 spiro atoms. The second kappa shape index (κ2) is 8.26. The number of halogens is 1. The van der Waals surface area contributed by atoms with E-state index in [9.17, 15) is 4.79 Å². The van der Waals surface area contributed by atoms with Gasteiger partial charge in [0.25, 0.3) is 5.91 Å². The molecule has 0 saturated carbocycles. The number of nitrogens with one attached hydrogen (secondary N) is 1. The second-order valence-electron chi connectivity index (χ2n) is 6.61. The van der Waals surface area contributed by atoms with E-state index >= 15 is 0 Å². The summed E-state index contributed by atoms with van der Waals surface area (Å²) in [5.41, 5.74) is 3.27. The molecule has 6 heteroatoms. The van der Waals surface area contributed by atoms with Crippen molar-refractivity contribution in [3.8, 4) is 12.3 Å². The lowest BCUT2D eigenvalue weighted by Crippen LogP contribution is -2.32. The van der Waals surface area contributed by atoms with E-state index in [1.165, 1.54) is 5.01 Å². The van der Waals surface area contributed by atoms with Crippen LogP contribution in [0.4, 0.5) is 5.69 Å². The number of hydrogen-bond donors (Lipinski definition) is 1. The van der Waals surface area contributed by atoms with Crippen LogP contribution in [0.5, 0.6) is 0 Å². The average Bonchev–Trinajstić information content (AvgIpc) is 3.42. The van der Waals surface area contributed by atoms with Crippen LogP contribution in [0, 0.1) is 12.3 Å². The number of furan rings is 1. The van der Waals surface area contributed by atoms with E-state index in [-0.39, 0.29) is 18.5 Å². The Hall–Kier alpha value is -3.49. The fourth-order valence-electron chi connectivity index (χ4n) is 3.24. The third-order valence-electron chi connectivity index (χ3n) is 4.69. The summed E-state index contributed by atoms with van der Waals surface area (Å²) in [5.74, 6) is 3.11. The number of nitrogens with zero attached hydrogens (tertiary/aromatic N) is 2. The highest BCUT2D eigenvalue weighted by atomic mass is 35.5. The van der Waals surface area contributed by atoms with Crippen molar-refractivity contribution < 1.29 is 9.21 Å². The van der Waals surface area contributed by atoms with Crippen molar-refractivity contribution in [1.82, 2.24) is 5.01 Å². The molecule has 0 fully saturated rings. The van der Waals surface area contributed by atoms with Gasteiger partial charge in [-0.2, -0.15) is 5.10 Å². The number of anilines is 1. The highest BCUT2D eigenvalue weighted by Gasteiger charge is 2.34. The Morgan fingerprint density at radius 1 is 1.24 bits per heavy atom. The van der Waals surface area contributed by atoms with E-state index in [0.717, 1.165) is 22.5 Å². The van der Waals surface area contributed by atoms with Gasteiger partial charge in [0.05, 0.1) is 18.5 Å². The van der Waals surface area contributed by atoms with Gasteiger partial charge in [-0.25, -0.2) is 5.01 Å². The summed E-state index contributed by atoms with van der Waals surface area (Å²) in [6, 6.07) is 18.2. The molecule has 1 aliphatic rings. The van der Waals surface area contributed by atoms with Crippen molar-refractivity contribution in [2.24, 2.45) is 5.10 Å². The first kappa shape index (κ1) is 18.9. The number of hydrazone groups is 1. The van der Waals surface area contributed by atoms with Crippen molar-refractivity contribution in [1.29, 1.82) is 0 Å². The van der Waals surface area contributed by atoms with Crippen LogP contribution in [0.3, 0.4) is 0 Å². The highest BCUT2D eigenvalue weighted by Crippen LogP contribution is 2.33. The molecule has 1 unspecified atom stereocenters. The molecule has 4 rings (SSSR count). The summed E-state index contributed by atoms with van der Waals surface area (Å²) in [7, 11) is 0. The largest absolute Gasteiger partial charge is 0.467 e. The maximum Gasteiger partial charge on any atom is 0.262 e. The third-order valence-corrected chi connectivity index (χ3v) is 4.94. The summed E-state index contributed by atoms with van der Waals surface area (Å²) in [6.45, 7) is 0.0859. The second-order valence-corrected chi connectivity index (χ2v) is 7.04. The number of rotatable bonds is 5. The lowest BCUT2D eigenvalue weighted by Gasteiger charge is -2.20. The van der Waals surface area contributed by atoms with Crippen LogP contribution in [0.1, 0.15) is 29.3 Å². The normalized spacial score (nSPS) is 15.7. The molecule has 3 aromatic rings. The van der Waals surface area contributed by atoms with Crippen molar-refractivity contribution >= 4 is 28.9 Å². The van der Waals surface area contributed by atoms with Gasteiger partial charge in [-0.05, 0) is 48.0 Å². The smallest absolute Gasteiger partial charge is 0.262 e. The zero-order chi connectivity index (χ0) is 20.2. The summed E-state index contributed by atoms with van der Waals surface area (Å²) >= 11 is 5.99. The Morgan fingerprint density at radius 3 is 2.79 bits per heavy atom. The van der Waals surface area contributed by atoms with E-state index in [0.29, 0.717) is 17.2 Å². The van der Waals surface area contributed by atoms with Gasteiger partial charge >= 0.3 is 0 Å². The van der Waals surface area contributed by atoms with Crippen LogP contribution in [-0.2, 0) is 4.79 Å². The van der Waals surface area contributed by atoms with E-state index in [1.54, 1.807) is 6.26 Å². The number of carbonyl (C=O) groups excluding carboxylic acids is 1. The predicted octanol–water partition coefficient (Wildman–Crippen LogP) is 4.70. The first-order valence-electron chi connectivity index (χ1n) is 9.13. The number of amides is 1. The minimum absolute atomic E-state index is 0.0859. The van der Waals surface area contributed by atoms with Crippen molar-refractivity contribution in [2.75, 3.05) is 11.9 Å². The van der Waals surface area contributed by atoms with Crippen molar-refractivity contribution in [3.63, 3.8) is 0 Å². The topological polar surface area (TPSA) is 57.8 Å². The predicted molar refractivity (Wildman–Crippen MR) is 114 cm³/mol. The van der Waals surface area contributed by atoms with Gasteiger partial charge in [-0.3, -0.25) is 4.79 Å². The van der Waals surface area contributed by atoms with Gasteiger partial charge in [0, 0.05) is 22.7 Å². The van der Waals surface area contributed by atoms with Crippen LogP contribution >= 0.6 is 11.6 Å². The Labute approximate surface area is 174 Å². The fraction of sp³-hybridized carbons (Fsp3) is 0.130. The van der Waals surface area contributed by atoms with Gasteiger partial charge in [0.2, 0.25) is 0 Å². The van der Waals surface area contributed by atoms with E-state index in [1.807, 2.05) is 60.7 Å². The quantitative estimate of drug-likeness (QED) is 0.628. The summed E-state index contributed by atoms with van der Waals surface area (Å²) < 4.78 is 5.56. The number of carbonyl (C=O) groups is 1. The van der Waals surface area contributed by atoms with Gasteiger partial charge in [0.15, 0.2) is 0 Å². The Bertz CT molecular complexity index is 1080. The average molecular weight is 404 g/mol. The first-order chi connectivity index (χ1) is 14.1. The zero-order valence-corrected chi connectivity index (χ0v) is 16.3. The van der Waals surface area contributed by atoms with Gasteiger partial charge in [-0.1, -0.05) is 35.7 Å². The minimum Gasteiger partial charge on any atom is -0.467 e. The van der Waals surface area contributed by atoms with Crippen LogP contribution in [0.2, 0.25) is 5.02 Å². The Balaban J connectivity index is 1.54. The molecule has 1 amide bonds. The SMILES string of the molecule is C#Cc1cccc(NCC(=O)N2N=C(c3ccc(Cl)cc3)CC2c2ccco2)c1. The monoisotopic (exact) mass is 403 g/mol.